The molecule has 2 aromatic rings. The Bertz CT molecular complexity index is 794. The monoisotopic (exact) mass is 363 g/mol. The summed E-state index contributed by atoms with van der Waals surface area (Å²) in [4.78, 5) is 6.75. The normalized spacial score (nSPS) is 17.9. The summed E-state index contributed by atoms with van der Waals surface area (Å²) < 4.78 is 6.15. The van der Waals surface area contributed by atoms with Gasteiger partial charge in [-0.15, -0.1) is 0 Å². The van der Waals surface area contributed by atoms with Gasteiger partial charge in [-0.2, -0.15) is 0 Å². The molecule has 0 radical (unpaired) electrons. The van der Waals surface area contributed by atoms with E-state index in [2.05, 4.69) is 58.5 Å². The van der Waals surface area contributed by atoms with E-state index in [1.54, 1.807) is 0 Å². The Kier molecular flexibility index (Phi) is 5.73. The number of piperidine rings is 1. The van der Waals surface area contributed by atoms with E-state index < -0.39 is 0 Å². The van der Waals surface area contributed by atoms with Gasteiger partial charge in [0.25, 0.3) is 0 Å². The molecule has 0 unspecified atom stereocenters. The Morgan fingerprint density at radius 1 is 1.22 bits per heavy atom. The molecule has 27 heavy (non-hydrogen) atoms. The average molecular weight is 364 g/mol. The molecule has 1 N–H and O–H groups in total. The van der Waals surface area contributed by atoms with Crippen LogP contribution < -0.4 is 15.0 Å². The first kappa shape index (κ1) is 18.1. The van der Waals surface area contributed by atoms with Crippen LogP contribution in [0.5, 0.6) is 5.75 Å². The fraction of sp³-hybridized carbons (Fsp3) is 0.435. The summed E-state index contributed by atoms with van der Waals surface area (Å²) in [5.41, 5.74) is 5.36. The van der Waals surface area contributed by atoms with E-state index in [9.17, 15) is 0 Å². The first-order valence-corrected chi connectivity index (χ1v) is 10.1. The summed E-state index contributed by atoms with van der Waals surface area (Å²) in [7, 11) is 0. The summed E-state index contributed by atoms with van der Waals surface area (Å²) in [5, 5.41) is 3.44. The first-order valence-electron chi connectivity index (χ1n) is 10.1. The van der Waals surface area contributed by atoms with Gasteiger partial charge < -0.3 is 15.0 Å². The van der Waals surface area contributed by atoms with E-state index in [4.69, 9.17) is 4.74 Å². The lowest BCUT2D eigenvalue weighted by Crippen LogP contribution is -2.36. The van der Waals surface area contributed by atoms with Crippen molar-refractivity contribution in [1.82, 2.24) is 10.3 Å². The lowest BCUT2D eigenvalue weighted by molar-refractivity contribution is 0.222. The number of fused-ring (bicyclic) bond motifs is 1. The molecule has 0 aliphatic carbocycles. The van der Waals surface area contributed by atoms with Gasteiger partial charge >= 0.3 is 0 Å². The van der Waals surface area contributed by atoms with E-state index >= 15 is 0 Å². The molecular formula is C23H29N3O. The summed E-state index contributed by atoms with van der Waals surface area (Å²) in [6.45, 7) is 7.08. The molecule has 1 fully saturated rings. The van der Waals surface area contributed by atoms with Gasteiger partial charge in [-0.05, 0) is 68.0 Å². The van der Waals surface area contributed by atoms with Crippen molar-refractivity contribution in [3.05, 3.63) is 59.4 Å². The topological polar surface area (TPSA) is 37.4 Å². The van der Waals surface area contributed by atoms with Crippen molar-refractivity contribution in [3.63, 3.8) is 0 Å². The molecule has 142 valence electrons. The third kappa shape index (κ3) is 4.33. The van der Waals surface area contributed by atoms with Crippen LogP contribution in [0.2, 0.25) is 0 Å². The number of pyridine rings is 1. The Morgan fingerprint density at radius 2 is 2.11 bits per heavy atom. The fourth-order valence-electron chi connectivity index (χ4n) is 4.10. The number of hydrogen-bond acceptors (Lipinski definition) is 4. The predicted molar refractivity (Wildman–Crippen MR) is 111 cm³/mol. The summed E-state index contributed by atoms with van der Waals surface area (Å²) in [5.74, 6) is 1.65. The van der Waals surface area contributed by atoms with E-state index in [-0.39, 0.29) is 0 Å². The Balaban J connectivity index is 1.31. The number of allylic oxidation sites excluding steroid dienone is 1. The van der Waals surface area contributed by atoms with Crippen LogP contribution in [-0.4, -0.2) is 31.2 Å². The second kappa shape index (κ2) is 8.57. The van der Waals surface area contributed by atoms with E-state index in [1.165, 1.54) is 35.2 Å². The molecule has 0 saturated carbocycles. The average Bonchev–Trinajstić information content (AvgIpc) is 2.73. The van der Waals surface area contributed by atoms with Crippen molar-refractivity contribution in [2.75, 3.05) is 31.1 Å². The van der Waals surface area contributed by atoms with Crippen LogP contribution in [0.3, 0.4) is 0 Å². The molecule has 0 bridgehead atoms. The molecule has 0 atom stereocenters. The quantitative estimate of drug-likeness (QED) is 0.869. The van der Waals surface area contributed by atoms with Crippen molar-refractivity contribution in [2.45, 2.75) is 32.7 Å². The third-order valence-corrected chi connectivity index (χ3v) is 5.68. The van der Waals surface area contributed by atoms with Gasteiger partial charge in [0.05, 0.1) is 6.61 Å². The SMILES string of the molecule is C/C=C/c1cnccc1N1CCC(COc2ccc3c(c2)CNCC3)CC1. The van der Waals surface area contributed by atoms with Crippen LogP contribution in [0.15, 0.2) is 42.7 Å². The standard InChI is InChI=1S/C23H29N3O/c1-2-3-20-15-25-11-7-23(20)26-12-8-18(9-13-26)17-27-22-5-4-19-6-10-24-16-21(19)14-22/h2-5,7,11,14-15,18,24H,6,8-10,12-13,16-17H2,1H3/b3-2+. The number of nitrogens with one attached hydrogen (secondary N) is 1. The first-order chi connectivity index (χ1) is 13.3. The lowest BCUT2D eigenvalue weighted by Gasteiger charge is -2.34. The van der Waals surface area contributed by atoms with Gasteiger partial charge in [0.1, 0.15) is 5.75 Å². The summed E-state index contributed by atoms with van der Waals surface area (Å²) in [6, 6.07) is 8.73. The van der Waals surface area contributed by atoms with Crippen LogP contribution in [0.4, 0.5) is 5.69 Å². The van der Waals surface area contributed by atoms with E-state index in [1.807, 2.05) is 12.4 Å². The highest BCUT2D eigenvalue weighted by Gasteiger charge is 2.21. The minimum absolute atomic E-state index is 0.627. The maximum Gasteiger partial charge on any atom is 0.119 e. The maximum absolute atomic E-state index is 6.15. The molecule has 1 aromatic carbocycles. The number of anilines is 1. The smallest absolute Gasteiger partial charge is 0.119 e. The number of ether oxygens (including phenoxy) is 1. The minimum atomic E-state index is 0.627. The second-order valence-electron chi connectivity index (χ2n) is 7.53. The molecule has 1 aromatic heterocycles. The molecule has 3 heterocycles. The molecule has 4 nitrogen and oxygen atoms in total. The van der Waals surface area contributed by atoms with Crippen molar-refractivity contribution < 1.29 is 4.74 Å². The zero-order chi connectivity index (χ0) is 18.5. The van der Waals surface area contributed by atoms with Gasteiger partial charge in [0, 0.05) is 43.3 Å². The highest BCUT2D eigenvalue weighted by Crippen LogP contribution is 2.28. The number of rotatable bonds is 5. The van der Waals surface area contributed by atoms with Crippen LogP contribution in [0.25, 0.3) is 6.08 Å². The maximum atomic E-state index is 6.15. The van der Waals surface area contributed by atoms with E-state index in [0.717, 1.165) is 45.0 Å². The molecule has 4 rings (SSSR count). The third-order valence-electron chi connectivity index (χ3n) is 5.68. The highest BCUT2D eigenvalue weighted by atomic mass is 16.5. The Morgan fingerprint density at radius 3 is 2.96 bits per heavy atom. The minimum Gasteiger partial charge on any atom is -0.493 e. The second-order valence-corrected chi connectivity index (χ2v) is 7.53. The summed E-state index contributed by atoms with van der Waals surface area (Å²) in [6.07, 6.45) is 11.5. The number of hydrogen-bond donors (Lipinski definition) is 1. The largest absolute Gasteiger partial charge is 0.493 e. The van der Waals surface area contributed by atoms with Crippen molar-refractivity contribution in [3.8, 4) is 5.75 Å². The van der Waals surface area contributed by atoms with Gasteiger partial charge in [0.2, 0.25) is 0 Å². The van der Waals surface area contributed by atoms with Crippen molar-refractivity contribution >= 4 is 11.8 Å². The Hall–Kier alpha value is -2.33. The van der Waals surface area contributed by atoms with Crippen LogP contribution in [0, 0.1) is 5.92 Å². The molecule has 4 heteroatoms. The molecule has 0 amide bonds. The Labute approximate surface area is 162 Å². The van der Waals surface area contributed by atoms with Crippen LogP contribution in [0.1, 0.15) is 36.5 Å². The zero-order valence-electron chi connectivity index (χ0n) is 16.2. The fourth-order valence-corrected chi connectivity index (χ4v) is 4.10. The summed E-state index contributed by atoms with van der Waals surface area (Å²) >= 11 is 0. The molecule has 2 aliphatic heterocycles. The van der Waals surface area contributed by atoms with Crippen molar-refractivity contribution in [1.29, 1.82) is 0 Å². The van der Waals surface area contributed by atoms with E-state index in [0.29, 0.717) is 5.92 Å². The van der Waals surface area contributed by atoms with Gasteiger partial charge in [0.15, 0.2) is 0 Å². The zero-order valence-corrected chi connectivity index (χ0v) is 16.2. The van der Waals surface area contributed by atoms with Gasteiger partial charge in [-0.3, -0.25) is 4.98 Å². The molecule has 0 spiro atoms. The van der Waals surface area contributed by atoms with Crippen LogP contribution >= 0.6 is 0 Å². The van der Waals surface area contributed by atoms with Gasteiger partial charge in [-0.25, -0.2) is 0 Å². The molecular weight excluding hydrogens is 334 g/mol. The molecule has 2 aliphatic rings. The lowest BCUT2D eigenvalue weighted by atomic mass is 9.96. The number of nitrogens with zero attached hydrogens (tertiary/aromatic N) is 2. The number of benzene rings is 1. The van der Waals surface area contributed by atoms with Gasteiger partial charge in [-0.1, -0.05) is 18.2 Å². The number of aromatic nitrogens is 1. The van der Waals surface area contributed by atoms with Crippen LogP contribution in [-0.2, 0) is 13.0 Å². The highest BCUT2D eigenvalue weighted by molar-refractivity contribution is 5.66. The molecule has 1 saturated heterocycles. The van der Waals surface area contributed by atoms with Crippen molar-refractivity contribution in [2.24, 2.45) is 5.92 Å². The predicted octanol–water partition coefficient (Wildman–Crippen LogP) is 4.06.